The minimum absolute atomic E-state index is 0.0709. The molecule has 0 aliphatic heterocycles. The SMILES string of the molecule is CC(C)[CH2][Sn][CH2]C(C)C.O=C(O)C(=O)O. The predicted molar refractivity (Wildman–Crippen MR) is 60.3 cm³/mol. The Morgan fingerprint density at radius 3 is 1.33 bits per heavy atom. The zero-order valence-corrected chi connectivity index (χ0v) is 12.6. The standard InChI is InChI=1S/2C4H9.C2H2O4.Sn/c2*1-4(2)3;3-1(4)2(5)6;/h2*4H,1H2,2-3H3;(H,3,4)(H,5,6);. The molecular weight excluding hydrogens is 303 g/mol. The quantitative estimate of drug-likeness (QED) is 0.613. The number of aliphatic carboxylic acids is 2. The summed E-state index contributed by atoms with van der Waals surface area (Å²) in [7, 11) is 0. The van der Waals surface area contributed by atoms with Gasteiger partial charge in [-0.25, -0.2) is 9.59 Å². The molecule has 0 saturated heterocycles. The summed E-state index contributed by atoms with van der Waals surface area (Å²) in [5.74, 6) is -1.71. The van der Waals surface area contributed by atoms with E-state index in [9.17, 15) is 0 Å². The summed E-state index contributed by atoms with van der Waals surface area (Å²) >= 11 is 0.0709. The van der Waals surface area contributed by atoms with E-state index in [2.05, 4.69) is 27.7 Å². The molecule has 0 aromatic rings. The molecule has 0 fully saturated rings. The number of carboxylic acids is 2. The summed E-state index contributed by atoms with van der Waals surface area (Å²) in [5.41, 5.74) is 0. The number of carbonyl (C=O) groups is 2. The molecular formula is C10H20O4Sn. The second kappa shape index (κ2) is 10.3. The summed E-state index contributed by atoms with van der Waals surface area (Å²) in [6.45, 7) is 9.34. The third-order valence-electron chi connectivity index (χ3n) is 1.29. The maximum Gasteiger partial charge on any atom is 0.414 e. The van der Waals surface area contributed by atoms with Gasteiger partial charge in [-0.1, -0.05) is 0 Å². The van der Waals surface area contributed by atoms with Gasteiger partial charge in [0.2, 0.25) is 0 Å². The Hall–Kier alpha value is -0.261. The molecule has 0 aromatic heterocycles. The van der Waals surface area contributed by atoms with Crippen molar-refractivity contribution in [2.75, 3.05) is 0 Å². The Morgan fingerprint density at radius 1 is 0.933 bits per heavy atom. The first-order chi connectivity index (χ1) is 6.77. The van der Waals surface area contributed by atoms with Crippen molar-refractivity contribution < 1.29 is 19.8 Å². The molecule has 2 radical (unpaired) electrons. The van der Waals surface area contributed by atoms with Gasteiger partial charge in [-0.2, -0.15) is 0 Å². The fourth-order valence-corrected chi connectivity index (χ4v) is 4.43. The Kier molecular flexibility index (Phi) is 11.7. The molecule has 0 aliphatic rings. The Bertz CT molecular complexity index is 170. The molecule has 2 N–H and O–H groups in total. The van der Waals surface area contributed by atoms with Crippen LogP contribution in [0.2, 0.25) is 8.87 Å². The zero-order valence-electron chi connectivity index (χ0n) is 9.78. The van der Waals surface area contributed by atoms with Gasteiger partial charge in [0.05, 0.1) is 0 Å². The molecule has 4 nitrogen and oxygen atoms in total. The van der Waals surface area contributed by atoms with Crippen LogP contribution in [0, 0.1) is 11.8 Å². The number of rotatable bonds is 4. The summed E-state index contributed by atoms with van der Waals surface area (Å²) in [4.78, 5) is 18.2. The van der Waals surface area contributed by atoms with Crippen molar-refractivity contribution in [3.63, 3.8) is 0 Å². The number of hydrogen-bond acceptors (Lipinski definition) is 2. The maximum atomic E-state index is 9.10. The smallest absolute Gasteiger partial charge is 0.414 e. The molecule has 88 valence electrons. The van der Waals surface area contributed by atoms with Gasteiger partial charge in [-0.15, -0.1) is 0 Å². The van der Waals surface area contributed by atoms with E-state index >= 15 is 0 Å². The zero-order chi connectivity index (χ0) is 12.4. The third kappa shape index (κ3) is 20.0. The van der Waals surface area contributed by atoms with Crippen LogP contribution >= 0.6 is 0 Å². The van der Waals surface area contributed by atoms with Crippen LogP contribution in [0.5, 0.6) is 0 Å². The fourth-order valence-electron chi connectivity index (χ4n) is 0.661. The van der Waals surface area contributed by atoms with E-state index in [4.69, 9.17) is 19.8 Å². The molecule has 0 bridgehead atoms. The summed E-state index contributed by atoms with van der Waals surface area (Å²) in [6, 6.07) is 0. The second-order valence-electron chi connectivity index (χ2n) is 4.06. The van der Waals surface area contributed by atoms with Gasteiger partial charge in [-0.3, -0.25) is 0 Å². The molecule has 0 spiro atoms. The average Bonchev–Trinajstić information content (AvgIpc) is 2.03. The Balaban J connectivity index is 0. The molecule has 0 rings (SSSR count). The molecule has 15 heavy (non-hydrogen) atoms. The van der Waals surface area contributed by atoms with E-state index in [0.29, 0.717) is 0 Å². The molecule has 0 aromatic carbocycles. The topological polar surface area (TPSA) is 74.6 Å². The van der Waals surface area contributed by atoms with Crippen molar-refractivity contribution in [3.8, 4) is 0 Å². The van der Waals surface area contributed by atoms with Gasteiger partial charge in [0.25, 0.3) is 0 Å². The van der Waals surface area contributed by atoms with Crippen molar-refractivity contribution >= 4 is 33.1 Å². The van der Waals surface area contributed by atoms with Crippen molar-refractivity contribution in [2.45, 2.75) is 36.6 Å². The minimum atomic E-state index is -1.82. The van der Waals surface area contributed by atoms with Gasteiger partial charge in [0.1, 0.15) is 0 Å². The molecule has 0 heterocycles. The van der Waals surface area contributed by atoms with Crippen molar-refractivity contribution in [1.29, 1.82) is 0 Å². The molecule has 0 amide bonds. The van der Waals surface area contributed by atoms with E-state index in [-0.39, 0.29) is 21.1 Å². The molecule has 0 unspecified atom stereocenters. The third-order valence-corrected chi connectivity index (χ3v) is 7.60. The van der Waals surface area contributed by atoms with Crippen molar-refractivity contribution in [3.05, 3.63) is 0 Å². The van der Waals surface area contributed by atoms with E-state index in [1.54, 1.807) is 8.87 Å². The van der Waals surface area contributed by atoms with E-state index in [1.165, 1.54) is 0 Å². The molecule has 5 heteroatoms. The van der Waals surface area contributed by atoms with Gasteiger partial charge in [0.15, 0.2) is 0 Å². The van der Waals surface area contributed by atoms with Gasteiger partial charge in [-0.05, 0) is 0 Å². The first-order valence-electron chi connectivity index (χ1n) is 4.94. The minimum Gasteiger partial charge on any atom is -0.473 e. The van der Waals surface area contributed by atoms with Crippen LogP contribution in [-0.4, -0.2) is 43.3 Å². The van der Waals surface area contributed by atoms with Crippen LogP contribution in [0.4, 0.5) is 0 Å². The number of hydrogen-bond donors (Lipinski definition) is 2. The van der Waals surface area contributed by atoms with Gasteiger partial charge in [0, 0.05) is 0 Å². The van der Waals surface area contributed by atoms with Gasteiger partial charge >= 0.3 is 81.5 Å². The summed E-state index contributed by atoms with van der Waals surface area (Å²) in [6.07, 6.45) is 0. The molecule has 0 atom stereocenters. The van der Waals surface area contributed by atoms with Crippen LogP contribution in [0.15, 0.2) is 0 Å². The Morgan fingerprint density at radius 2 is 1.20 bits per heavy atom. The fraction of sp³-hybridized carbons (Fsp3) is 0.800. The maximum absolute atomic E-state index is 9.10. The summed E-state index contributed by atoms with van der Waals surface area (Å²) in [5, 5.41) is 14.8. The summed E-state index contributed by atoms with van der Waals surface area (Å²) < 4.78 is 3.14. The predicted octanol–water partition coefficient (Wildman–Crippen LogP) is 1.99. The van der Waals surface area contributed by atoms with Crippen LogP contribution < -0.4 is 0 Å². The van der Waals surface area contributed by atoms with Gasteiger partial charge < -0.3 is 10.2 Å². The second-order valence-corrected chi connectivity index (χ2v) is 7.81. The largest absolute Gasteiger partial charge is 0.473 e. The van der Waals surface area contributed by atoms with E-state index in [0.717, 1.165) is 11.8 Å². The first-order valence-corrected chi connectivity index (χ1v) is 8.97. The van der Waals surface area contributed by atoms with E-state index in [1.807, 2.05) is 0 Å². The normalized spacial score (nSPS) is 9.73. The molecule has 0 aliphatic carbocycles. The van der Waals surface area contributed by atoms with Crippen LogP contribution in [0.3, 0.4) is 0 Å². The van der Waals surface area contributed by atoms with Crippen LogP contribution in [0.25, 0.3) is 0 Å². The van der Waals surface area contributed by atoms with Crippen LogP contribution in [0.1, 0.15) is 27.7 Å². The average molecular weight is 323 g/mol. The monoisotopic (exact) mass is 324 g/mol. The van der Waals surface area contributed by atoms with Crippen LogP contribution in [-0.2, 0) is 9.59 Å². The number of carboxylic acid groups (broad SMARTS) is 2. The molecule has 0 saturated carbocycles. The Labute approximate surface area is 101 Å². The van der Waals surface area contributed by atoms with Crippen molar-refractivity contribution in [1.82, 2.24) is 0 Å². The first kappa shape index (κ1) is 17.1. The van der Waals surface area contributed by atoms with Crippen molar-refractivity contribution in [2.24, 2.45) is 11.8 Å². The van der Waals surface area contributed by atoms with E-state index < -0.39 is 11.9 Å².